The van der Waals surface area contributed by atoms with E-state index in [9.17, 15) is 49.4 Å². The van der Waals surface area contributed by atoms with E-state index in [2.05, 4.69) is 0 Å². The molecule has 17 nitrogen and oxygen atoms in total. The van der Waals surface area contributed by atoms with Crippen molar-refractivity contribution in [3.05, 3.63) is 40.5 Å². The first-order valence-corrected chi connectivity index (χ1v) is 7.34. The Morgan fingerprint density at radius 2 is 1.11 bits per heavy atom. The van der Waals surface area contributed by atoms with E-state index in [1.807, 2.05) is 0 Å². The van der Waals surface area contributed by atoms with Crippen molar-refractivity contribution in [3.63, 3.8) is 0 Å². The molecule has 152 valence electrons. The van der Waals surface area contributed by atoms with E-state index >= 15 is 0 Å². The molecule has 0 radical (unpaired) electrons. The van der Waals surface area contributed by atoms with E-state index in [0.717, 1.165) is 0 Å². The zero-order valence-corrected chi connectivity index (χ0v) is 13.4. The van der Waals surface area contributed by atoms with Gasteiger partial charge in [-0.3, -0.25) is 0 Å². The Kier molecular flexibility index (Phi) is 5.23. The highest BCUT2D eigenvalue weighted by molar-refractivity contribution is 4.93. The fourth-order valence-corrected chi connectivity index (χ4v) is 3.30. The van der Waals surface area contributed by atoms with Gasteiger partial charge in [0, 0.05) is 0 Å². The Bertz CT molecular complexity index is 607. The monoisotopic (exact) mass is 401 g/mol. The zero-order valence-electron chi connectivity index (χ0n) is 13.4. The van der Waals surface area contributed by atoms with E-state index in [-0.39, 0.29) is 32.9 Å². The van der Waals surface area contributed by atoms with Crippen molar-refractivity contribution >= 4 is 0 Å². The van der Waals surface area contributed by atoms with Gasteiger partial charge in [-0.2, -0.15) is 0 Å². The number of nitro groups is 4. The molecule has 2 saturated heterocycles. The van der Waals surface area contributed by atoms with Gasteiger partial charge < -0.3 is 0 Å². The molecule has 0 aromatic heterocycles. The minimum absolute atomic E-state index is 0.0310. The van der Waals surface area contributed by atoms with E-state index in [1.165, 1.54) is 0 Å². The molecule has 0 saturated carbocycles. The lowest BCUT2D eigenvalue weighted by molar-refractivity contribution is -0.812. The predicted molar refractivity (Wildman–Crippen MR) is 74.6 cm³/mol. The summed E-state index contributed by atoms with van der Waals surface area (Å²) in [6, 6.07) is 0. The fraction of sp³-hybridized carbons (Fsp3) is 1.00. The molecule has 0 aromatic carbocycles. The normalized spacial score (nSPS) is 20.7. The lowest BCUT2D eigenvalue weighted by atomic mass is 10.1. The average Bonchev–Trinajstić information content (AvgIpc) is 2.59. The summed E-state index contributed by atoms with van der Waals surface area (Å²) in [5, 5.41) is 37.5. The Hall–Kier alpha value is -3.38. The van der Waals surface area contributed by atoms with Gasteiger partial charge in [0.25, 0.3) is 6.17 Å². The lowest BCUT2D eigenvalue weighted by Crippen LogP contribution is -2.83. The van der Waals surface area contributed by atoms with Crippen LogP contribution in [0.15, 0.2) is 0 Å². The smallest absolute Gasteiger partial charge is 0.235 e. The van der Waals surface area contributed by atoms with Gasteiger partial charge in [-0.15, -0.1) is 0 Å². The standard InChI is InChI=1S/C8H13F2N9O8/c9-15(10)8(13(18(24)25)5-2-6-14(8)19(26)27)7-11(16(20)21)3-1-4-12(7)17(22)23/h7H,1-6H2. The van der Waals surface area contributed by atoms with Crippen LogP contribution < -0.4 is 0 Å². The summed E-state index contributed by atoms with van der Waals surface area (Å²) in [5.74, 6) is -3.73. The van der Waals surface area contributed by atoms with Crippen molar-refractivity contribution in [1.29, 1.82) is 0 Å². The molecule has 0 bridgehead atoms. The lowest BCUT2D eigenvalue weighted by Gasteiger charge is -2.48. The van der Waals surface area contributed by atoms with Crippen LogP contribution in [0.5, 0.6) is 0 Å². The molecule has 27 heavy (non-hydrogen) atoms. The van der Waals surface area contributed by atoms with Crippen LogP contribution >= 0.6 is 0 Å². The number of halogens is 2. The van der Waals surface area contributed by atoms with Crippen LogP contribution in [0.1, 0.15) is 12.8 Å². The van der Waals surface area contributed by atoms with Gasteiger partial charge in [-0.05, 0) is 12.8 Å². The maximum absolute atomic E-state index is 14.1. The van der Waals surface area contributed by atoms with Gasteiger partial charge in [0.05, 0.1) is 31.5 Å². The number of hydrogen-bond donors (Lipinski definition) is 0. The quantitative estimate of drug-likeness (QED) is 0.294. The van der Waals surface area contributed by atoms with Gasteiger partial charge in [0.2, 0.25) is 0 Å². The van der Waals surface area contributed by atoms with Crippen molar-refractivity contribution < 1.29 is 29.1 Å². The number of hydrogen-bond acceptors (Lipinski definition) is 9. The largest absolute Gasteiger partial charge is 0.384 e. The second-order valence-electron chi connectivity index (χ2n) is 5.52. The third-order valence-electron chi connectivity index (χ3n) is 4.25. The van der Waals surface area contributed by atoms with E-state index in [0.29, 0.717) is 0 Å². The van der Waals surface area contributed by atoms with E-state index < -0.39 is 63.6 Å². The molecule has 2 fully saturated rings. The third-order valence-corrected chi connectivity index (χ3v) is 4.25. The van der Waals surface area contributed by atoms with E-state index in [4.69, 9.17) is 0 Å². The van der Waals surface area contributed by atoms with Crippen molar-refractivity contribution in [3.8, 4) is 0 Å². The number of nitrogens with zero attached hydrogens (tertiary/aromatic N) is 9. The van der Waals surface area contributed by atoms with Crippen LogP contribution in [0.4, 0.5) is 8.96 Å². The van der Waals surface area contributed by atoms with Crippen molar-refractivity contribution in [1.82, 2.24) is 25.4 Å². The highest BCUT2D eigenvalue weighted by atomic mass is 19.4. The zero-order chi connectivity index (χ0) is 20.5. The first-order valence-electron chi connectivity index (χ1n) is 7.34. The summed E-state index contributed by atoms with van der Waals surface area (Å²) >= 11 is 0. The minimum atomic E-state index is -3.73. The summed E-state index contributed by atoms with van der Waals surface area (Å²) in [6.45, 7) is -2.69. The van der Waals surface area contributed by atoms with Gasteiger partial charge >= 0.3 is 5.79 Å². The number of rotatable bonds is 6. The Morgan fingerprint density at radius 3 is 1.41 bits per heavy atom. The van der Waals surface area contributed by atoms with Crippen molar-refractivity contribution in [2.45, 2.75) is 24.8 Å². The third kappa shape index (κ3) is 3.00. The molecule has 0 unspecified atom stereocenters. The molecule has 2 rings (SSSR count). The predicted octanol–water partition coefficient (Wildman–Crippen LogP) is -1.18. The van der Waals surface area contributed by atoms with Crippen LogP contribution in [0.2, 0.25) is 0 Å². The van der Waals surface area contributed by atoms with Crippen molar-refractivity contribution in [2.24, 2.45) is 0 Å². The Labute approximate surface area is 147 Å². The fourth-order valence-electron chi connectivity index (χ4n) is 3.30. The average molecular weight is 401 g/mol. The molecule has 0 spiro atoms. The van der Waals surface area contributed by atoms with Gasteiger partial charge in [0.1, 0.15) is 0 Å². The maximum Gasteiger partial charge on any atom is 0.384 e. The second-order valence-corrected chi connectivity index (χ2v) is 5.52. The Balaban J connectivity index is 2.79. The first kappa shape index (κ1) is 19.9. The van der Waals surface area contributed by atoms with Crippen LogP contribution in [-0.2, 0) is 0 Å². The van der Waals surface area contributed by atoms with Crippen LogP contribution in [-0.4, -0.2) is 83.6 Å². The molecule has 2 heterocycles. The highest BCUT2D eigenvalue weighted by Crippen LogP contribution is 2.39. The van der Waals surface area contributed by atoms with Crippen LogP contribution in [0, 0.1) is 40.5 Å². The molecular weight excluding hydrogens is 388 g/mol. The van der Waals surface area contributed by atoms with Gasteiger partial charge in [-0.25, -0.2) is 40.5 Å². The van der Waals surface area contributed by atoms with E-state index in [1.54, 1.807) is 0 Å². The SMILES string of the molecule is O=[N+]([O-])N1CCCN([N+](=O)[O-])C1C1(N(F)F)N([N+](=O)[O-])CCCN1[N+](=O)[O-]. The van der Waals surface area contributed by atoms with Crippen LogP contribution in [0.25, 0.3) is 0 Å². The molecule has 0 aliphatic carbocycles. The molecule has 2 aliphatic heterocycles. The topological polar surface area (TPSA) is 189 Å². The van der Waals surface area contributed by atoms with Crippen LogP contribution in [0.3, 0.4) is 0 Å². The summed E-state index contributed by atoms with van der Waals surface area (Å²) in [5.41, 5.74) is 0. The molecular formula is C8H13F2N9O8. The first-order chi connectivity index (χ1) is 12.6. The van der Waals surface area contributed by atoms with Crippen molar-refractivity contribution in [2.75, 3.05) is 26.2 Å². The molecule has 0 aromatic rings. The molecule has 2 aliphatic rings. The molecule has 0 amide bonds. The summed E-state index contributed by atoms with van der Waals surface area (Å²) in [4.78, 5) is 45.4. The minimum Gasteiger partial charge on any atom is -0.235 e. The summed E-state index contributed by atoms with van der Waals surface area (Å²) < 4.78 is 28.2. The Morgan fingerprint density at radius 1 is 0.741 bits per heavy atom. The summed E-state index contributed by atoms with van der Waals surface area (Å²) in [7, 11) is 0. The van der Waals surface area contributed by atoms with Gasteiger partial charge in [0.15, 0.2) is 20.1 Å². The number of hydrazine groups is 4. The molecule has 0 N–H and O–H groups in total. The molecule has 19 heteroatoms. The molecule has 0 atom stereocenters. The highest BCUT2D eigenvalue weighted by Gasteiger charge is 2.75. The second kappa shape index (κ2) is 7.09. The summed E-state index contributed by atoms with van der Waals surface area (Å²) in [6.07, 6.45) is -3.17. The van der Waals surface area contributed by atoms with Gasteiger partial charge in [-0.1, -0.05) is 29.0 Å². The maximum atomic E-state index is 14.1.